The van der Waals surface area contributed by atoms with Crippen molar-refractivity contribution in [2.45, 2.75) is 44.6 Å². The van der Waals surface area contributed by atoms with Crippen LogP contribution in [-0.2, 0) is 12.0 Å². The van der Waals surface area contributed by atoms with E-state index in [1.807, 2.05) is 0 Å². The minimum Gasteiger partial charge on any atom is -0.322 e. The van der Waals surface area contributed by atoms with Crippen molar-refractivity contribution in [2.75, 3.05) is 20.1 Å². The smallest absolute Gasteiger partial charge is 0.104 e. The molecule has 1 aliphatic carbocycles. The van der Waals surface area contributed by atoms with E-state index in [1.54, 1.807) is 0 Å². The van der Waals surface area contributed by atoms with E-state index < -0.39 is 0 Å². The number of benzene rings is 2. The molecular weight excluding hydrogens is 340 g/mol. The summed E-state index contributed by atoms with van der Waals surface area (Å²) in [5.41, 5.74) is 2.34. The Hall–Kier alpha value is -2.11. The molecule has 0 aromatic heterocycles. The third-order valence-corrected chi connectivity index (χ3v) is 7.61. The summed E-state index contributed by atoms with van der Waals surface area (Å²) >= 11 is 0. The first-order valence-electron chi connectivity index (χ1n) is 10.9. The summed E-state index contributed by atoms with van der Waals surface area (Å²) in [6.45, 7) is 5.85. The second-order valence-electron chi connectivity index (χ2n) is 9.51. The molecule has 2 aromatic rings. The number of quaternary nitrogens is 1. The van der Waals surface area contributed by atoms with Crippen molar-refractivity contribution in [1.82, 2.24) is 0 Å². The normalized spacial score (nSPS) is 31.1. The lowest BCUT2D eigenvalue weighted by molar-refractivity contribution is -0.933. The zero-order chi connectivity index (χ0) is 19.6. The highest BCUT2D eigenvalue weighted by molar-refractivity contribution is 5.32. The molecule has 2 aromatic carbocycles. The molecule has 0 radical (unpaired) electrons. The lowest BCUT2D eigenvalue weighted by Gasteiger charge is -2.46. The predicted octanol–water partition coefficient (Wildman–Crippen LogP) is 5.55. The van der Waals surface area contributed by atoms with Crippen LogP contribution in [0.5, 0.6) is 0 Å². The number of rotatable bonds is 6. The number of likely N-dealkylation sites (tertiary alicyclic amines) is 1. The Balaban J connectivity index is 1.53. The van der Waals surface area contributed by atoms with Gasteiger partial charge < -0.3 is 4.48 Å². The second kappa shape index (κ2) is 7.72. The predicted molar refractivity (Wildman–Crippen MR) is 114 cm³/mol. The van der Waals surface area contributed by atoms with Crippen LogP contribution >= 0.6 is 0 Å². The average Bonchev–Trinajstić information content (AvgIpc) is 2.97. The van der Waals surface area contributed by atoms with Gasteiger partial charge in [-0.15, -0.1) is 0 Å². The largest absolute Gasteiger partial charge is 0.322 e. The highest BCUT2D eigenvalue weighted by Gasteiger charge is 2.50. The fourth-order valence-electron chi connectivity index (χ4n) is 6.20. The van der Waals surface area contributed by atoms with Crippen LogP contribution in [0.25, 0.3) is 0 Å². The van der Waals surface area contributed by atoms with E-state index in [0.29, 0.717) is 5.92 Å². The summed E-state index contributed by atoms with van der Waals surface area (Å²) in [7, 11) is 2.45. The summed E-state index contributed by atoms with van der Waals surface area (Å²) in [6, 6.07) is 24.3. The number of hydrogen-bond donors (Lipinski definition) is 0. The maximum Gasteiger partial charge on any atom is 0.104 e. The minimum atomic E-state index is -0.326. The van der Waals surface area contributed by atoms with Gasteiger partial charge in [-0.3, -0.25) is 0 Å². The van der Waals surface area contributed by atoms with Crippen molar-refractivity contribution in [3.8, 4) is 6.07 Å². The van der Waals surface area contributed by atoms with Gasteiger partial charge in [0.1, 0.15) is 6.54 Å². The maximum absolute atomic E-state index is 10.2. The van der Waals surface area contributed by atoms with Crippen LogP contribution in [0.1, 0.15) is 43.7 Å². The van der Waals surface area contributed by atoms with E-state index in [4.69, 9.17) is 0 Å². The highest BCUT2D eigenvalue weighted by atomic mass is 15.3. The lowest BCUT2D eigenvalue weighted by atomic mass is 9.68. The first kappa shape index (κ1) is 19.2. The lowest BCUT2D eigenvalue weighted by Crippen LogP contribution is -2.54. The van der Waals surface area contributed by atoms with Crippen LogP contribution in [0, 0.1) is 29.1 Å². The van der Waals surface area contributed by atoms with Crippen LogP contribution in [0.4, 0.5) is 0 Å². The van der Waals surface area contributed by atoms with Crippen LogP contribution in [0.3, 0.4) is 0 Å². The van der Waals surface area contributed by atoms with Crippen molar-refractivity contribution in [2.24, 2.45) is 17.8 Å². The van der Waals surface area contributed by atoms with Gasteiger partial charge in [0, 0.05) is 17.4 Å². The van der Waals surface area contributed by atoms with Gasteiger partial charge >= 0.3 is 0 Å². The van der Waals surface area contributed by atoms with Gasteiger partial charge in [-0.25, -0.2) is 0 Å². The van der Waals surface area contributed by atoms with E-state index in [9.17, 15) is 5.26 Å². The number of fused-ring (bicyclic) bond motifs is 2. The summed E-state index contributed by atoms with van der Waals surface area (Å²) in [5.74, 6) is 2.22. The molecule has 2 aliphatic rings. The first-order chi connectivity index (χ1) is 13.6. The summed E-state index contributed by atoms with van der Waals surface area (Å²) < 4.78 is 1.16. The highest BCUT2D eigenvalue weighted by Crippen LogP contribution is 2.50. The van der Waals surface area contributed by atoms with Gasteiger partial charge in [0.25, 0.3) is 0 Å². The molecule has 0 spiro atoms. The van der Waals surface area contributed by atoms with E-state index >= 15 is 0 Å². The van der Waals surface area contributed by atoms with Gasteiger partial charge in [-0.05, 0) is 37.2 Å². The van der Waals surface area contributed by atoms with Gasteiger partial charge in [-0.1, -0.05) is 67.6 Å². The van der Waals surface area contributed by atoms with Crippen LogP contribution < -0.4 is 0 Å². The van der Waals surface area contributed by atoms with Crippen LogP contribution in [0.2, 0.25) is 0 Å². The minimum absolute atomic E-state index is 0.326. The summed E-state index contributed by atoms with van der Waals surface area (Å²) in [6.07, 6.45) is 4.63. The maximum atomic E-state index is 10.2. The van der Waals surface area contributed by atoms with E-state index in [-0.39, 0.29) is 5.41 Å². The Morgan fingerprint density at radius 3 is 2.07 bits per heavy atom. The van der Waals surface area contributed by atoms with Crippen molar-refractivity contribution in [3.05, 3.63) is 71.8 Å². The molecule has 2 heteroatoms. The molecule has 2 fully saturated rings. The van der Waals surface area contributed by atoms with E-state index in [2.05, 4.69) is 80.7 Å². The fourth-order valence-corrected chi connectivity index (χ4v) is 6.20. The molecule has 2 bridgehead atoms. The van der Waals surface area contributed by atoms with Crippen molar-refractivity contribution in [1.29, 1.82) is 5.26 Å². The molecule has 3 atom stereocenters. The van der Waals surface area contributed by atoms with Crippen molar-refractivity contribution in [3.63, 3.8) is 0 Å². The quantitative estimate of drug-likeness (QED) is 0.609. The first-order valence-corrected chi connectivity index (χ1v) is 10.9. The number of hydrogen-bond acceptors (Lipinski definition) is 1. The zero-order valence-corrected chi connectivity index (χ0v) is 17.3. The van der Waals surface area contributed by atoms with Gasteiger partial charge in [0.2, 0.25) is 0 Å². The van der Waals surface area contributed by atoms with E-state index in [1.165, 1.54) is 37.1 Å². The molecule has 146 valence electrons. The monoisotopic (exact) mass is 373 g/mol. The van der Waals surface area contributed by atoms with Gasteiger partial charge in [0.05, 0.1) is 31.6 Å². The SMILES string of the molecule is CCC(C#N)(CC1C2CCC1C[N+](C)(Cc1ccccc1)C2)c1ccccc1. The molecule has 0 N–H and O–H groups in total. The Morgan fingerprint density at radius 2 is 1.54 bits per heavy atom. The van der Waals surface area contributed by atoms with E-state index in [0.717, 1.165) is 35.7 Å². The molecule has 28 heavy (non-hydrogen) atoms. The third kappa shape index (κ3) is 3.61. The van der Waals surface area contributed by atoms with Crippen LogP contribution in [-0.4, -0.2) is 24.6 Å². The standard InChI is InChI=1S/C26H33N2/c1-3-26(20-27,24-12-8-5-9-13-24)16-25-22-14-15-23(25)19-28(2,18-22)17-21-10-6-4-7-11-21/h4-13,22-23,25H,3,14-19H2,1-2H3/q+1. The second-order valence-corrected chi connectivity index (χ2v) is 9.51. The molecule has 1 saturated carbocycles. The van der Waals surface area contributed by atoms with Gasteiger partial charge in [-0.2, -0.15) is 5.26 Å². The zero-order valence-electron chi connectivity index (χ0n) is 17.3. The average molecular weight is 374 g/mol. The topological polar surface area (TPSA) is 23.8 Å². The molecule has 2 nitrogen and oxygen atoms in total. The molecule has 1 aliphatic heterocycles. The molecule has 0 amide bonds. The molecule has 1 saturated heterocycles. The summed E-state index contributed by atoms with van der Waals surface area (Å²) in [5, 5.41) is 10.2. The number of nitriles is 1. The Morgan fingerprint density at radius 1 is 0.964 bits per heavy atom. The number of piperidine rings is 1. The summed E-state index contributed by atoms with van der Waals surface area (Å²) in [4.78, 5) is 0. The van der Waals surface area contributed by atoms with Crippen molar-refractivity contribution >= 4 is 0 Å². The molecule has 3 unspecified atom stereocenters. The van der Waals surface area contributed by atoms with Crippen molar-refractivity contribution < 1.29 is 4.48 Å². The third-order valence-electron chi connectivity index (χ3n) is 7.61. The molecular formula is C26H33N2+. The number of nitrogens with zero attached hydrogens (tertiary/aromatic N) is 2. The molecule has 1 heterocycles. The van der Waals surface area contributed by atoms with Gasteiger partial charge in [0.15, 0.2) is 0 Å². The Kier molecular flexibility index (Phi) is 5.30. The Labute approximate surface area is 170 Å². The van der Waals surface area contributed by atoms with Crippen LogP contribution in [0.15, 0.2) is 60.7 Å². The molecule has 4 rings (SSSR count). The Bertz CT molecular complexity index is 809. The fraction of sp³-hybridized carbons (Fsp3) is 0.500.